The Kier molecular flexibility index (Phi) is 7.42. The minimum absolute atomic E-state index is 0.0766. The lowest BCUT2D eigenvalue weighted by Crippen LogP contribution is -2.37. The number of aromatic nitrogens is 2. The molecule has 0 saturated carbocycles. The van der Waals surface area contributed by atoms with Crippen molar-refractivity contribution in [3.05, 3.63) is 59.7 Å². The minimum Gasteiger partial charge on any atom is -0.355 e. The van der Waals surface area contributed by atoms with E-state index >= 15 is 0 Å². The van der Waals surface area contributed by atoms with Crippen LogP contribution in [0.15, 0.2) is 42.7 Å². The van der Waals surface area contributed by atoms with E-state index in [-0.39, 0.29) is 25.4 Å². The van der Waals surface area contributed by atoms with Gasteiger partial charge in [-0.3, -0.25) is 14.4 Å². The van der Waals surface area contributed by atoms with Gasteiger partial charge in [-0.25, -0.2) is 9.97 Å². The smallest absolute Gasteiger partial charge is 0.287 e. The molecule has 0 fully saturated rings. The van der Waals surface area contributed by atoms with E-state index < -0.39 is 11.7 Å². The fourth-order valence-electron chi connectivity index (χ4n) is 2.35. The molecule has 2 aromatic rings. The van der Waals surface area contributed by atoms with Crippen molar-refractivity contribution < 1.29 is 14.4 Å². The second-order valence-electron chi connectivity index (χ2n) is 5.83. The van der Waals surface area contributed by atoms with E-state index in [1.165, 1.54) is 18.8 Å². The summed E-state index contributed by atoms with van der Waals surface area (Å²) in [7, 11) is 0. The number of Topliss-reactive ketones (excluding diaryl/α,β-unsaturated/α-hetero) is 1. The molecular formula is C19H22N4O3. The monoisotopic (exact) mass is 354 g/mol. The quantitative estimate of drug-likeness (QED) is 0.508. The summed E-state index contributed by atoms with van der Waals surface area (Å²) in [5, 5.41) is 5.01. The van der Waals surface area contributed by atoms with Gasteiger partial charge in [0, 0.05) is 25.7 Å². The Morgan fingerprint density at radius 2 is 1.62 bits per heavy atom. The van der Waals surface area contributed by atoms with E-state index in [0.717, 1.165) is 18.5 Å². The Hall–Kier alpha value is -3.09. The molecule has 0 aliphatic carbocycles. The lowest BCUT2D eigenvalue weighted by atomic mass is 10.1. The van der Waals surface area contributed by atoms with Gasteiger partial charge in [-0.2, -0.15) is 0 Å². The van der Waals surface area contributed by atoms with Crippen molar-refractivity contribution in [2.75, 3.05) is 13.1 Å². The van der Waals surface area contributed by atoms with Gasteiger partial charge in [-0.15, -0.1) is 0 Å². The van der Waals surface area contributed by atoms with Crippen molar-refractivity contribution in [2.45, 2.75) is 26.2 Å². The van der Waals surface area contributed by atoms with Gasteiger partial charge in [0.25, 0.3) is 5.91 Å². The van der Waals surface area contributed by atoms with Gasteiger partial charge in [-0.1, -0.05) is 30.3 Å². The number of nitrogens with zero attached hydrogens (tertiary/aromatic N) is 2. The van der Waals surface area contributed by atoms with Crippen LogP contribution in [0.25, 0.3) is 0 Å². The van der Waals surface area contributed by atoms with Gasteiger partial charge < -0.3 is 10.6 Å². The van der Waals surface area contributed by atoms with Crippen LogP contribution < -0.4 is 10.6 Å². The molecule has 0 atom stereocenters. The molecule has 7 heteroatoms. The number of benzene rings is 1. The van der Waals surface area contributed by atoms with Crippen LogP contribution in [0, 0.1) is 0 Å². The summed E-state index contributed by atoms with van der Waals surface area (Å²) >= 11 is 0. The highest BCUT2D eigenvalue weighted by Gasteiger charge is 2.15. The molecule has 7 nitrogen and oxygen atoms in total. The third-order valence-electron chi connectivity index (χ3n) is 3.67. The van der Waals surface area contributed by atoms with Crippen LogP contribution in [0.1, 0.15) is 23.9 Å². The van der Waals surface area contributed by atoms with Crippen LogP contribution in [0.5, 0.6) is 0 Å². The van der Waals surface area contributed by atoms with Crippen LogP contribution in [0.4, 0.5) is 0 Å². The molecule has 0 spiro atoms. The Morgan fingerprint density at radius 1 is 0.923 bits per heavy atom. The molecule has 0 bridgehead atoms. The average Bonchev–Trinajstić information content (AvgIpc) is 2.64. The summed E-state index contributed by atoms with van der Waals surface area (Å²) in [6.07, 6.45) is 2.91. The molecule has 1 aromatic carbocycles. The Morgan fingerprint density at radius 3 is 2.35 bits per heavy atom. The van der Waals surface area contributed by atoms with E-state index in [1.54, 1.807) is 6.07 Å². The van der Waals surface area contributed by atoms with Crippen LogP contribution >= 0.6 is 0 Å². The third-order valence-corrected chi connectivity index (χ3v) is 3.67. The molecule has 2 rings (SSSR count). The summed E-state index contributed by atoms with van der Waals surface area (Å²) in [4.78, 5) is 42.8. The van der Waals surface area contributed by atoms with E-state index in [4.69, 9.17) is 0 Å². The molecular weight excluding hydrogens is 332 g/mol. The van der Waals surface area contributed by atoms with Crippen molar-refractivity contribution >= 4 is 17.6 Å². The first-order chi connectivity index (χ1) is 12.5. The zero-order valence-electron chi connectivity index (χ0n) is 14.7. The second-order valence-corrected chi connectivity index (χ2v) is 5.83. The fraction of sp³-hybridized carbons (Fsp3) is 0.316. The molecule has 0 radical (unpaired) electrons. The van der Waals surface area contributed by atoms with Gasteiger partial charge in [0.05, 0.1) is 12.1 Å². The molecule has 2 N–H and O–H groups in total. The number of hydrogen-bond acceptors (Lipinski definition) is 5. The summed E-state index contributed by atoms with van der Waals surface area (Å²) in [5.74, 6) is -1.44. The van der Waals surface area contributed by atoms with Crippen LogP contribution in [-0.2, 0) is 33.6 Å². The average molecular weight is 354 g/mol. The lowest BCUT2D eigenvalue weighted by molar-refractivity contribution is -0.137. The summed E-state index contributed by atoms with van der Waals surface area (Å²) < 4.78 is 0. The standard InChI is InChI=1S/C19H22N4O3/c1-14(24)20-9-10-21-19(26)18(25)12-17-11-16(22-13-23-17)8-7-15-5-3-2-4-6-15/h2-6,11,13H,7-10,12H2,1H3,(H,20,24)(H,21,26). The molecule has 1 aromatic heterocycles. The van der Waals surface area contributed by atoms with Crippen LogP contribution in [0.3, 0.4) is 0 Å². The van der Waals surface area contributed by atoms with Crippen molar-refractivity contribution in [3.8, 4) is 0 Å². The highest BCUT2D eigenvalue weighted by Crippen LogP contribution is 2.06. The fourth-order valence-corrected chi connectivity index (χ4v) is 2.35. The number of amides is 2. The second kappa shape index (κ2) is 10.0. The van der Waals surface area contributed by atoms with E-state index in [2.05, 4.69) is 32.7 Å². The molecule has 1 heterocycles. The highest BCUT2D eigenvalue weighted by molar-refractivity contribution is 6.36. The topological polar surface area (TPSA) is 101 Å². The van der Waals surface area contributed by atoms with Crippen LogP contribution in [-0.4, -0.2) is 40.7 Å². The van der Waals surface area contributed by atoms with Crippen molar-refractivity contribution in [1.29, 1.82) is 0 Å². The Labute approximate surface area is 152 Å². The highest BCUT2D eigenvalue weighted by atomic mass is 16.2. The molecule has 2 amide bonds. The molecule has 0 saturated heterocycles. The Bertz CT molecular complexity index is 762. The number of carbonyl (C=O) groups excluding carboxylic acids is 3. The molecule has 0 aliphatic heterocycles. The lowest BCUT2D eigenvalue weighted by Gasteiger charge is -2.06. The van der Waals surface area contributed by atoms with E-state index in [9.17, 15) is 14.4 Å². The predicted octanol–water partition coefficient (Wildman–Crippen LogP) is 0.626. The van der Waals surface area contributed by atoms with Gasteiger partial charge >= 0.3 is 0 Å². The number of nitrogens with one attached hydrogen (secondary N) is 2. The van der Waals surface area contributed by atoms with Crippen molar-refractivity contribution in [1.82, 2.24) is 20.6 Å². The largest absolute Gasteiger partial charge is 0.355 e. The normalized spacial score (nSPS) is 10.2. The number of aryl methyl sites for hydroxylation is 2. The van der Waals surface area contributed by atoms with Gasteiger partial charge in [0.2, 0.25) is 11.7 Å². The molecule has 136 valence electrons. The number of carbonyl (C=O) groups is 3. The van der Waals surface area contributed by atoms with Gasteiger partial charge in [0.15, 0.2) is 0 Å². The van der Waals surface area contributed by atoms with Crippen LogP contribution in [0.2, 0.25) is 0 Å². The summed E-state index contributed by atoms with van der Waals surface area (Å²) in [6.45, 7) is 1.87. The zero-order valence-corrected chi connectivity index (χ0v) is 14.7. The molecule has 26 heavy (non-hydrogen) atoms. The van der Waals surface area contributed by atoms with E-state index in [1.807, 2.05) is 18.2 Å². The SMILES string of the molecule is CC(=O)NCCNC(=O)C(=O)Cc1cc(CCc2ccccc2)ncn1. The zero-order chi connectivity index (χ0) is 18.8. The first-order valence-corrected chi connectivity index (χ1v) is 8.44. The van der Waals surface area contributed by atoms with Gasteiger partial charge in [0.1, 0.15) is 6.33 Å². The molecule has 0 aliphatic rings. The number of rotatable bonds is 9. The van der Waals surface area contributed by atoms with E-state index in [0.29, 0.717) is 5.69 Å². The molecule has 0 unspecified atom stereocenters. The summed E-state index contributed by atoms with van der Waals surface area (Å²) in [5.41, 5.74) is 2.56. The Balaban J connectivity index is 1.82. The maximum atomic E-state index is 12.0. The third kappa shape index (κ3) is 6.80. The maximum Gasteiger partial charge on any atom is 0.287 e. The van der Waals surface area contributed by atoms with Crippen molar-refractivity contribution in [3.63, 3.8) is 0 Å². The van der Waals surface area contributed by atoms with Gasteiger partial charge in [-0.05, 0) is 24.5 Å². The van der Waals surface area contributed by atoms with Crippen molar-refractivity contribution in [2.24, 2.45) is 0 Å². The minimum atomic E-state index is -0.681. The first-order valence-electron chi connectivity index (χ1n) is 8.44. The summed E-state index contributed by atoms with van der Waals surface area (Å²) in [6, 6.07) is 11.8. The maximum absolute atomic E-state index is 12.0. The first kappa shape index (κ1) is 19.2. The number of hydrogen-bond donors (Lipinski definition) is 2. The predicted molar refractivity (Wildman–Crippen MR) is 96.3 cm³/mol. The number of ketones is 1.